The fourth-order valence-corrected chi connectivity index (χ4v) is 1.10. The van der Waals surface area contributed by atoms with Crippen molar-refractivity contribution in [2.75, 3.05) is 13.7 Å². The van der Waals surface area contributed by atoms with Crippen molar-refractivity contribution >= 4 is 6.09 Å². The summed E-state index contributed by atoms with van der Waals surface area (Å²) >= 11 is 0. The Kier molecular flexibility index (Phi) is 2.70. The lowest BCUT2D eigenvalue weighted by molar-refractivity contribution is 0.00865. The second kappa shape index (κ2) is 3.57. The third-order valence-corrected chi connectivity index (χ3v) is 1.87. The van der Waals surface area contributed by atoms with Crippen molar-refractivity contribution in [3.63, 3.8) is 0 Å². The number of aliphatic hydroxyl groups excluding tert-OH is 1. The highest BCUT2D eigenvalue weighted by molar-refractivity contribution is 5.66. The van der Waals surface area contributed by atoms with E-state index >= 15 is 0 Å². The van der Waals surface area contributed by atoms with Crippen LogP contribution in [-0.2, 0) is 4.74 Å². The summed E-state index contributed by atoms with van der Waals surface area (Å²) in [7, 11) is 1.53. The molecule has 0 saturated heterocycles. The van der Waals surface area contributed by atoms with Gasteiger partial charge in [0.15, 0.2) is 0 Å². The molecular weight excluding hydrogens is 146 g/mol. The fourth-order valence-electron chi connectivity index (χ4n) is 1.10. The van der Waals surface area contributed by atoms with E-state index in [1.165, 1.54) is 7.05 Å². The molecule has 0 heterocycles. The molecule has 0 unspecified atom stereocenters. The number of ether oxygens (including phenoxy) is 1. The minimum atomic E-state index is -0.397. The maximum atomic E-state index is 10.5. The van der Waals surface area contributed by atoms with E-state index in [9.17, 15) is 4.79 Å². The molecule has 1 saturated carbocycles. The topological polar surface area (TPSA) is 58.6 Å². The third-order valence-electron chi connectivity index (χ3n) is 1.87. The number of hydrogen-bond acceptors (Lipinski definition) is 3. The molecule has 1 fully saturated rings. The van der Waals surface area contributed by atoms with Gasteiger partial charge < -0.3 is 15.2 Å². The first-order valence-corrected chi connectivity index (χ1v) is 3.75. The molecular formula is C7H13NO3. The van der Waals surface area contributed by atoms with Crippen LogP contribution in [0.5, 0.6) is 0 Å². The lowest BCUT2D eigenvalue weighted by Crippen LogP contribution is -2.33. The van der Waals surface area contributed by atoms with Crippen molar-refractivity contribution in [3.05, 3.63) is 0 Å². The summed E-state index contributed by atoms with van der Waals surface area (Å²) in [4.78, 5) is 10.5. The molecule has 4 heteroatoms. The van der Waals surface area contributed by atoms with Gasteiger partial charge in [0, 0.05) is 7.05 Å². The molecule has 0 radical (unpaired) electrons. The second-order valence-corrected chi connectivity index (χ2v) is 2.84. The van der Waals surface area contributed by atoms with Crippen LogP contribution in [0.3, 0.4) is 0 Å². The molecule has 0 spiro atoms. The maximum absolute atomic E-state index is 10.5. The van der Waals surface area contributed by atoms with Crippen molar-refractivity contribution in [2.45, 2.75) is 18.9 Å². The number of rotatable bonds is 2. The van der Waals surface area contributed by atoms with E-state index in [0.717, 1.165) is 12.8 Å². The first-order valence-electron chi connectivity index (χ1n) is 3.75. The molecule has 2 N–H and O–H groups in total. The quantitative estimate of drug-likeness (QED) is 0.601. The molecule has 64 valence electrons. The number of carbonyl (C=O) groups is 1. The van der Waals surface area contributed by atoms with E-state index in [1.807, 2.05) is 0 Å². The van der Waals surface area contributed by atoms with Crippen LogP contribution in [0.25, 0.3) is 0 Å². The van der Waals surface area contributed by atoms with Crippen molar-refractivity contribution in [1.29, 1.82) is 0 Å². The van der Waals surface area contributed by atoms with Gasteiger partial charge in [0.1, 0.15) is 0 Å². The van der Waals surface area contributed by atoms with Crippen LogP contribution in [0.2, 0.25) is 0 Å². The molecule has 0 bridgehead atoms. The maximum Gasteiger partial charge on any atom is 0.406 e. The molecule has 1 aliphatic carbocycles. The summed E-state index contributed by atoms with van der Waals surface area (Å²) in [6.45, 7) is 0.427. The minimum Gasteiger partial charge on any atom is -0.449 e. The molecule has 11 heavy (non-hydrogen) atoms. The largest absolute Gasteiger partial charge is 0.449 e. The van der Waals surface area contributed by atoms with E-state index in [-0.39, 0.29) is 6.10 Å². The summed E-state index contributed by atoms with van der Waals surface area (Å²) in [6.07, 6.45) is 0.952. The van der Waals surface area contributed by atoms with Crippen LogP contribution in [-0.4, -0.2) is 31.0 Å². The average Bonchev–Trinajstić information content (AvgIpc) is 1.95. The first kappa shape index (κ1) is 8.33. The molecule has 1 rings (SSSR count). The van der Waals surface area contributed by atoms with Crippen molar-refractivity contribution in [2.24, 2.45) is 5.92 Å². The van der Waals surface area contributed by atoms with E-state index in [0.29, 0.717) is 12.5 Å². The second-order valence-electron chi connectivity index (χ2n) is 2.84. The molecule has 0 aromatic heterocycles. The number of carbonyl (C=O) groups excluding carboxylic acids is 1. The van der Waals surface area contributed by atoms with Gasteiger partial charge >= 0.3 is 6.09 Å². The minimum absolute atomic E-state index is 0.173. The summed E-state index contributed by atoms with van der Waals surface area (Å²) in [5.41, 5.74) is 0. The predicted molar refractivity (Wildman–Crippen MR) is 39.1 cm³/mol. The monoisotopic (exact) mass is 159 g/mol. The predicted octanol–water partition coefficient (Wildman–Crippen LogP) is 0.113. The van der Waals surface area contributed by atoms with Crippen LogP contribution in [0, 0.1) is 5.92 Å². The molecule has 1 aliphatic rings. The van der Waals surface area contributed by atoms with Crippen LogP contribution in [0.15, 0.2) is 0 Å². The molecule has 4 nitrogen and oxygen atoms in total. The molecule has 0 atom stereocenters. The van der Waals surface area contributed by atoms with Gasteiger partial charge in [0.25, 0.3) is 0 Å². The smallest absolute Gasteiger partial charge is 0.406 e. The van der Waals surface area contributed by atoms with Crippen molar-refractivity contribution in [1.82, 2.24) is 5.32 Å². The summed E-state index contributed by atoms with van der Waals surface area (Å²) < 4.78 is 4.78. The molecule has 0 aromatic carbocycles. The van der Waals surface area contributed by atoms with Gasteiger partial charge in [0.05, 0.1) is 12.7 Å². The highest BCUT2D eigenvalue weighted by Gasteiger charge is 2.27. The fraction of sp³-hybridized carbons (Fsp3) is 0.857. The van der Waals surface area contributed by atoms with Crippen LogP contribution < -0.4 is 5.32 Å². The highest BCUT2D eigenvalue weighted by Crippen LogP contribution is 2.26. The van der Waals surface area contributed by atoms with Gasteiger partial charge in [-0.15, -0.1) is 0 Å². The van der Waals surface area contributed by atoms with Gasteiger partial charge in [0.2, 0.25) is 0 Å². The number of alkyl carbamates (subject to hydrolysis) is 1. The van der Waals surface area contributed by atoms with Gasteiger partial charge in [-0.05, 0) is 18.8 Å². The van der Waals surface area contributed by atoms with E-state index in [1.54, 1.807) is 0 Å². The Labute approximate surface area is 65.5 Å². The van der Waals surface area contributed by atoms with Crippen LogP contribution in [0.1, 0.15) is 12.8 Å². The molecule has 1 amide bonds. The van der Waals surface area contributed by atoms with Crippen LogP contribution in [0.4, 0.5) is 4.79 Å². The third kappa shape index (κ3) is 2.38. The average molecular weight is 159 g/mol. The Morgan fingerprint density at radius 1 is 1.73 bits per heavy atom. The van der Waals surface area contributed by atoms with E-state index in [2.05, 4.69) is 5.32 Å². The van der Waals surface area contributed by atoms with Crippen LogP contribution >= 0.6 is 0 Å². The summed E-state index contributed by atoms with van der Waals surface area (Å²) in [5, 5.41) is 11.2. The van der Waals surface area contributed by atoms with Crippen molar-refractivity contribution in [3.8, 4) is 0 Å². The zero-order valence-electron chi connectivity index (χ0n) is 6.54. The Morgan fingerprint density at radius 3 is 2.82 bits per heavy atom. The normalized spacial score (nSPS) is 28.9. The number of nitrogens with one attached hydrogen (secondary N) is 1. The van der Waals surface area contributed by atoms with Gasteiger partial charge in [-0.3, -0.25) is 0 Å². The van der Waals surface area contributed by atoms with Gasteiger partial charge in [-0.2, -0.15) is 0 Å². The zero-order chi connectivity index (χ0) is 8.27. The van der Waals surface area contributed by atoms with Crippen molar-refractivity contribution < 1.29 is 14.6 Å². The molecule has 0 aromatic rings. The summed E-state index contributed by atoms with van der Waals surface area (Å²) in [5.74, 6) is 0.363. The number of hydrogen-bond donors (Lipinski definition) is 2. The Bertz CT molecular complexity index is 143. The lowest BCUT2D eigenvalue weighted by atomic mass is 9.83. The zero-order valence-corrected chi connectivity index (χ0v) is 6.54. The lowest BCUT2D eigenvalue weighted by Gasteiger charge is -2.30. The first-order chi connectivity index (χ1) is 5.22. The van der Waals surface area contributed by atoms with E-state index in [4.69, 9.17) is 9.84 Å². The standard InChI is InChI=1S/C7H13NO3/c1-8-7(10)11-4-5-2-6(9)3-5/h5-6,9H,2-4H2,1H3,(H,8,10). The van der Waals surface area contributed by atoms with E-state index < -0.39 is 6.09 Å². The highest BCUT2D eigenvalue weighted by atomic mass is 16.5. The van der Waals surface area contributed by atoms with Gasteiger partial charge in [-0.1, -0.05) is 0 Å². The molecule has 0 aliphatic heterocycles. The summed E-state index contributed by atoms with van der Waals surface area (Å²) in [6, 6.07) is 0. The Morgan fingerprint density at radius 2 is 2.36 bits per heavy atom. The Balaban J connectivity index is 2.00. The number of aliphatic hydroxyl groups is 1. The number of amides is 1. The SMILES string of the molecule is CNC(=O)OCC1CC(O)C1. The van der Waals surface area contributed by atoms with Gasteiger partial charge in [-0.25, -0.2) is 4.79 Å². The Hall–Kier alpha value is -0.770.